The highest BCUT2D eigenvalue weighted by Gasteiger charge is 2.36. The van der Waals surface area contributed by atoms with Crippen LogP contribution in [0.4, 0.5) is 0 Å². The van der Waals surface area contributed by atoms with Crippen LogP contribution in [0.3, 0.4) is 0 Å². The molecule has 23 heteroatoms. The maximum Gasteiger partial charge on any atom is 0.326 e. The molecule has 0 aromatic heterocycles. The van der Waals surface area contributed by atoms with Crippen LogP contribution in [-0.4, -0.2) is 145 Å². The van der Waals surface area contributed by atoms with E-state index in [2.05, 4.69) is 37.2 Å². The maximum absolute atomic E-state index is 13.3. The molecule has 0 spiro atoms. The third-order valence-electron chi connectivity index (χ3n) is 9.48. The Balaban J connectivity index is 2.85. The normalized spacial score (nSPS) is 16.0. The van der Waals surface area contributed by atoms with Crippen molar-refractivity contribution in [1.29, 1.82) is 0 Å². The van der Waals surface area contributed by atoms with Crippen LogP contribution in [0, 0.1) is 5.92 Å². The van der Waals surface area contributed by atoms with Crippen molar-refractivity contribution in [2.45, 2.75) is 128 Å². The van der Waals surface area contributed by atoms with Crippen molar-refractivity contribution in [2.75, 3.05) is 39.3 Å². The Bertz CT molecular complexity index is 1500. The lowest BCUT2D eigenvalue weighted by molar-refractivity contribution is -0.144. The molecule has 1 aliphatic heterocycles. The Morgan fingerprint density at radius 1 is 0.650 bits per heavy atom. The van der Waals surface area contributed by atoms with Crippen molar-refractivity contribution >= 4 is 59.1 Å². The van der Waals surface area contributed by atoms with Gasteiger partial charge in [0.1, 0.15) is 36.3 Å². The van der Waals surface area contributed by atoms with E-state index >= 15 is 0 Å². The van der Waals surface area contributed by atoms with Gasteiger partial charge >= 0.3 is 5.97 Å². The maximum atomic E-state index is 13.3. The molecule has 6 atom stereocenters. The molecular weight excluding hydrogens is 788 g/mol. The summed E-state index contributed by atoms with van der Waals surface area (Å²) >= 11 is 0. The van der Waals surface area contributed by atoms with Gasteiger partial charge in [0.15, 0.2) is 0 Å². The molecule has 1 aliphatic rings. The smallest absolute Gasteiger partial charge is 0.326 e. The first-order chi connectivity index (χ1) is 28.3. The number of amides is 9. The van der Waals surface area contributed by atoms with Crippen LogP contribution < -0.4 is 60.2 Å². The molecule has 0 aromatic carbocycles. The van der Waals surface area contributed by atoms with E-state index < -0.39 is 115 Å². The molecule has 0 bridgehead atoms. The SMILES string of the molecule is CC(C)C[C@H](NC(=O)CNC(=O)[C@H](CCCCN)NC(=O)[C@H](CCC(N)=O)NC(=O)CN)C(=O)N[C@@H](C)C(=O)NCC(=O)N1CCC[C@H]1C(=O)N[C@@H](CCCCN)C(=O)O. The summed E-state index contributed by atoms with van der Waals surface area (Å²) in [6, 6.07) is -6.77. The van der Waals surface area contributed by atoms with Crippen molar-refractivity contribution < 1.29 is 53.1 Å². The number of unbranched alkanes of at least 4 members (excludes halogenated alkanes) is 2. The molecule has 60 heavy (non-hydrogen) atoms. The molecular formula is C37H66N12O11. The number of hydrogen-bond donors (Lipinski definition) is 12. The van der Waals surface area contributed by atoms with Crippen LogP contribution in [0.15, 0.2) is 0 Å². The summed E-state index contributed by atoms with van der Waals surface area (Å²) in [5.41, 5.74) is 21.6. The highest BCUT2D eigenvalue weighted by atomic mass is 16.4. The van der Waals surface area contributed by atoms with E-state index in [0.717, 1.165) is 0 Å². The number of likely N-dealkylation sites (tertiary alicyclic amines) is 1. The molecule has 1 heterocycles. The van der Waals surface area contributed by atoms with E-state index in [1.165, 1.54) is 11.8 Å². The second-order valence-electron chi connectivity index (χ2n) is 15.0. The van der Waals surface area contributed by atoms with E-state index in [1.54, 1.807) is 13.8 Å². The number of hydrogen-bond acceptors (Lipinski definition) is 13. The van der Waals surface area contributed by atoms with Crippen LogP contribution in [0.25, 0.3) is 0 Å². The van der Waals surface area contributed by atoms with Gasteiger partial charge in [-0.05, 0) is 90.1 Å². The predicted octanol–water partition coefficient (Wildman–Crippen LogP) is -4.73. The fraction of sp³-hybridized carbons (Fsp3) is 0.730. The molecule has 9 amide bonds. The number of carbonyl (C=O) groups excluding carboxylic acids is 9. The number of aliphatic carboxylic acids is 1. The van der Waals surface area contributed by atoms with E-state index in [0.29, 0.717) is 51.6 Å². The average molecular weight is 855 g/mol. The zero-order valence-corrected chi connectivity index (χ0v) is 34.8. The Morgan fingerprint density at radius 2 is 1.22 bits per heavy atom. The molecule has 16 N–H and O–H groups in total. The largest absolute Gasteiger partial charge is 0.480 e. The summed E-state index contributed by atoms with van der Waals surface area (Å²) in [4.78, 5) is 128. The van der Waals surface area contributed by atoms with Crippen molar-refractivity contribution in [3.63, 3.8) is 0 Å². The van der Waals surface area contributed by atoms with Gasteiger partial charge in [-0.3, -0.25) is 43.2 Å². The van der Waals surface area contributed by atoms with Crippen LogP contribution >= 0.6 is 0 Å². The van der Waals surface area contributed by atoms with Crippen LogP contribution in [0.5, 0.6) is 0 Å². The number of nitrogens with two attached hydrogens (primary N) is 4. The molecule has 1 fully saturated rings. The molecule has 0 radical (unpaired) electrons. The first-order valence-electron chi connectivity index (χ1n) is 20.3. The topological polar surface area (TPSA) is 382 Å². The molecule has 0 aromatic rings. The number of carboxylic acids is 1. The summed E-state index contributed by atoms with van der Waals surface area (Å²) in [5.74, 6) is -7.64. The number of nitrogens with zero attached hydrogens (tertiary/aromatic N) is 1. The zero-order valence-electron chi connectivity index (χ0n) is 34.8. The average Bonchev–Trinajstić information content (AvgIpc) is 3.69. The first-order valence-corrected chi connectivity index (χ1v) is 20.3. The summed E-state index contributed by atoms with van der Waals surface area (Å²) < 4.78 is 0. The first kappa shape index (κ1) is 52.6. The van der Waals surface area contributed by atoms with E-state index in [-0.39, 0.29) is 44.6 Å². The molecule has 0 unspecified atom stereocenters. The van der Waals surface area contributed by atoms with E-state index in [4.69, 9.17) is 22.9 Å². The summed E-state index contributed by atoms with van der Waals surface area (Å²) in [6.45, 7) is 4.34. The second kappa shape index (κ2) is 28.1. The van der Waals surface area contributed by atoms with E-state index in [1.807, 2.05) is 0 Å². The molecule has 0 aliphatic carbocycles. The number of carboxylic acid groups (broad SMARTS) is 1. The number of carbonyl (C=O) groups is 10. The number of nitrogens with one attached hydrogen (secondary N) is 7. The molecule has 0 saturated carbocycles. The Hall–Kier alpha value is -5.42. The van der Waals surface area contributed by atoms with Gasteiger partial charge in [-0.1, -0.05) is 13.8 Å². The van der Waals surface area contributed by atoms with E-state index in [9.17, 15) is 53.1 Å². The second-order valence-corrected chi connectivity index (χ2v) is 15.0. The fourth-order valence-electron chi connectivity index (χ4n) is 6.23. The minimum absolute atomic E-state index is 0.107. The number of rotatable bonds is 29. The number of primary amides is 1. The quantitative estimate of drug-likeness (QED) is 0.0315. The van der Waals surface area contributed by atoms with Gasteiger partial charge in [-0.2, -0.15) is 0 Å². The van der Waals surface area contributed by atoms with Gasteiger partial charge in [0.25, 0.3) is 0 Å². The molecule has 1 rings (SSSR count). The Labute approximate surface area is 349 Å². The van der Waals surface area contributed by atoms with Crippen LogP contribution in [-0.2, 0) is 47.9 Å². The summed E-state index contributed by atoms with van der Waals surface area (Å²) in [5, 5.41) is 26.9. The molecule has 340 valence electrons. The van der Waals surface area contributed by atoms with Gasteiger partial charge < -0.3 is 70.2 Å². The lowest BCUT2D eigenvalue weighted by atomic mass is 10.0. The summed E-state index contributed by atoms with van der Waals surface area (Å²) in [6.07, 6.45) is 2.86. The molecule has 1 saturated heterocycles. The highest BCUT2D eigenvalue weighted by molar-refractivity contribution is 5.96. The lowest BCUT2D eigenvalue weighted by Crippen LogP contribution is -2.57. The zero-order chi connectivity index (χ0) is 45.4. The van der Waals surface area contributed by atoms with Crippen LogP contribution in [0.1, 0.15) is 91.4 Å². The predicted molar refractivity (Wildman–Crippen MR) is 216 cm³/mol. The third-order valence-corrected chi connectivity index (χ3v) is 9.48. The van der Waals surface area contributed by atoms with Crippen LogP contribution in [0.2, 0.25) is 0 Å². The fourth-order valence-corrected chi connectivity index (χ4v) is 6.23. The van der Waals surface area contributed by atoms with Gasteiger partial charge in [0.05, 0.1) is 19.6 Å². The van der Waals surface area contributed by atoms with Gasteiger partial charge in [-0.25, -0.2) is 4.79 Å². The van der Waals surface area contributed by atoms with Crippen molar-refractivity contribution in [3.8, 4) is 0 Å². The lowest BCUT2D eigenvalue weighted by Gasteiger charge is -2.26. The van der Waals surface area contributed by atoms with Crippen molar-refractivity contribution in [3.05, 3.63) is 0 Å². The standard InChI is InChI=1S/C37H66N12O11/c1-21(2)17-26(46-30(52)19-42-33(55)23(9-4-6-14-38)47-34(56)24(12-13-28(41)50)45-29(51)18-40)35(57)44-22(3)32(54)43-20-31(53)49-16-8-11-27(49)36(58)48-25(37(59)60)10-5-7-15-39/h21-27H,4-20,38-40H2,1-3H3,(H2,41,50)(H,42,55)(H,43,54)(H,44,57)(H,45,51)(H,46,52)(H,47,56)(H,48,58)(H,59,60)/t22-,23-,24-,25-,26-,27-/m0/s1. The monoisotopic (exact) mass is 854 g/mol. The third kappa shape index (κ3) is 20.0. The Kier molecular flexibility index (Phi) is 24.7. The summed E-state index contributed by atoms with van der Waals surface area (Å²) in [7, 11) is 0. The molecule has 23 nitrogen and oxygen atoms in total. The minimum atomic E-state index is -1.23. The van der Waals surface area contributed by atoms with Crippen molar-refractivity contribution in [1.82, 2.24) is 42.1 Å². The van der Waals surface area contributed by atoms with Gasteiger partial charge in [0.2, 0.25) is 53.2 Å². The van der Waals surface area contributed by atoms with Gasteiger partial charge in [-0.15, -0.1) is 0 Å². The van der Waals surface area contributed by atoms with Gasteiger partial charge in [0, 0.05) is 13.0 Å². The highest BCUT2D eigenvalue weighted by Crippen LogP contribution is 2.18. The Morgan fingerprint density at radius 3 is 1.78 bits per heavy atom. The van der Waals surface area contributed by atoms with Crippen molar-refractivity contribution in [2.24, 2.45) is 28.9 Å². The minimum Gasteiger partial charge on any atom is -0.480 e.